The summed E-state index contributed by atoms with van der Waals surface area (Å²) in [5.41, 5.74) is 0.748. The van der Waals surface area contributed by atoms with Crippen LogP contribution in [0.5, 0.6) is 0 Å². The van der Waals surface area contributed by atoms with Gasteiger partial charge in [-0.1, -0.05) is 48.2 Å². The van der Waals surface area contributed by atoms with E-state index in [2.05, 4.69) is 10.6 Å². The van der Waals surface area contributed by atoms with E-state index in [1.807, 2.05) is 42.5 Å². The van der Waals surface area contributed by atoms with Crippen molar-refractivity contribution in [2.75, 3.05) is 10.6 Å². The van der Waals surface area contributed by atoms with Crippen LogP contribution in [-0.4, -0.2) is 11.8 Å². The fourth-order valence-corrected chi connectivity index (χ4v) is 3.13. The van der Waals surface area contributed by atoms with Gasteiger partial charge in [0.1, 0.15) is 5.82 Å². The van der Waals surface area contributed by atoms with E-state index >= 15 is 0 Å². The zero-order valence-electron chi connectivity index (χ0n) is 13.6. The molecule has 2 amide bonds. The Morgan fingerprint density at radius 3 is 2.23 bits per heavy atom. The summed E-state index contributed by atoms with van der Waals surface area (Å²) in [6.07, 6.45) is 0. The molecule has 0 saturated heterocycles. The largest absolute Gasteiger partial charge is 0.318 e. The van der Waals surface area contributed by atoms with Crippen LogP contribution in [0.4, 0.5) is 15.8 Å². The molecule has 0 fully saturated rings. The molecule has 6 heteroatoms. The minimum Gasteiger partial charge on any atom is -0.318 e. The highest BCUT2D eigenvalue weighted by Gasteiger charge is 2.16. The first-order valence-corrected chi connectivity index (χ1v) is 8.63. The van der Waals surface area contributed by atoms with Gasteiger partial charge in [-0.05, 0) is 42.5 Å². The molecule has 0 radical (unpaired) electrons. The Hall–Kier alpha value is -3.12. The maximum atomic E-state index is 13.2. The van der Waals surface area contributed by atoms with Crippen molar-refractivity contribution in [3.63, 3.8) is 0 Å². The lowest BCUT2D eigenvalue weighted by Gasteiger charge is -2.11. The van der Waals surface area contributed by atoms with Crippen molar-refractivity contribution in [3.05, 3.63) is 84.7 Å². The molecule has 0 unspecified atom stereocenters. The van der Waals surface area contributed by atoms with Crippen molar-refractivity contribution >= 4 is 35.0 Å². The topological polar surface area (TPSA) is 58.2 Å². The first-order valence-electron chi connectivity index (χ1n) is 7.81. The van der Waals surface area contributed by atoms with Crippen LogP contribution >= 0.6 is 11.8 Å². The lowest BCUT2D eigenvalue weighted by atomic mass is 10.3. The van der Waals surface area contributed by atoms with Crippen molar-refractivity contribution in [2.45, 2.75) is 9.79 Å². The van der Waals surface area contributed by atoms with Crippen LogP contribution in [-0.2, 0) is 9.59 Å². The molecular weight excluding hydrogens is 351 g/mol. The summed E-state index contributed by atoms with van der Waals surface area (Å²) in [4.78, 5) is 26.0. The zero-order chi connectivity index (χ0) is 18.4. The molecule has 0 atom stereocenters. The number of anilines is 2. The number of carbonyl (C=O) groups is 2. The van der Waals surface area contributed by atoms with Crippen molar-refractivity contribution in [1.29, 1.82) is 0 Å². The first-order chi connectivity index (χ1) is 12.6. The minimum absolute atomic E-state index is 0.220. The summed E-state index contributed by atoms with van der Waals surface area (Å²) in [6, 6.07) is 22.3. The van der Waals surface area contributed by atoms with E-state index in [0.717, 1.165) is 15.9 Å². The summed E-state index contributed by atoms with van der Waals surface area (Å²) >= 11 is 1.48. The third-order valence-corrected chi connectivity index (χ3v) is 4.48. The second-order valence-electron chi connectivity index (χ2n) is 5.33. The summed E-state index contributed by atoms with van der Waals surface area (Å²) in [5.74, 6) is -2.18. The van der Waals surface area contributed by atoms with Gasteiger partial charge in [-0.15, -0.1) is 0 Å². The smallest absolute Gasteiger partial charge is 0.314 e. The number of amides is 2. The molecule has 26 heavy (non-hydrogen) atoms. The highest BCUT2D eigenvalue weighted by molar-refractivity contribution is 7.99. The molecule has 3 aromatic rings. The van der Waals surface area contributed by atoms with Crippen LogP contribution in [0, 0.1) is 5.82 Å². The fourth-order valence-electron chi connectivity index (χ4n) is 2.21. The Kier molecular flexibility index (Phi) is 5.66. The van der Waals surface area contributed by atoms with Gasteiger partial charge in [-0.25, -0.2) is 4.39 Å². The molecule has 0 aliphatic carbocycles. The van der Waals surface area contributed by atoms with Crippen molar-refractivity contribution in [1.82, 2.24) is 0 Å². The highest BCUT2D eigenvalue weighted by atomic mass is 32.2. The van der Waals surface area contributed by atoms with Gasteiger partial charge in [-0.3, -0.25) is 9.59 Å². The van der Waals surface area contributed by atoms with E-state index in [9.17, 15) is 14.0 Å². The van der Waals surface area contributed by atoms with E-state index in [0.29, 0.717) is 5.69 Å². The Labute approximate surface area is 154 Å². The number of para-hydroxylation sites is 1. The third-order valence-electron chi connectivity index (χ3n) is 3.39. The van der Waals surface area contributed by atoms with Crippen LogP contribution in [0.15, 0.2) is 88.7 Å². The lowest BCUT2D eigenvalue weighted by molar-refractivity contribution is -0.133. The summed E-state index contributed by atoms with van der Waals surface area (Å²) in [7, 11) is 0. The monoisotopic (exact) mass is 366 g/mol. The standard InChI is InChI=1S/C20H15FN2O2S/c21-14-7-6-8-15(13-14)22-19(24)20(25)23-17-11-4-5-12-18(17)26-16-9-2-1-3-10-16/h1-13H,(H,22,24)(H,23,25). The average molecular weight is 366 g/mol. The Balaban J connectivity index is 1.70. The quantitative estimate of drug-likeness (QED) is 0.666. The number of hydrogen-bond donors (Lipinski definition) is 2. The van der Waals surface area contributed by atoms with Crippen LogP contribution < -0.4 is 10.6 Å². The molecule has 0 heterocycles. The molecule has 0 bridgehead atoms. The van der Waals surface area contributed by atoms with Crippen LogP contribution in [0.2, 0.25) is 0 Å². The van der Waals surface area contributed by atoms with Gasteiger partial charge in [0.15, 0.2) is 0 Å². The number of halogens is 1. The number of hydrogen-bond acceptors (Lipinski definition) is 3. The molecule has 3 aromatic carbocycles. The fraction of sp³-hybridized carbons (Fsp3) is 0. The molecular formula is C20H15FN2O2S. The van der Waals surface area contributed by atoms with E-state index in [4.69, 9.17) is 0 Å². The van der Waals surface area contributed by atoms with E-state index in [1.165, 1.54) is 30.0 Å². The van der Waals surface area contributed by atoms with Gasteiger partial charge in [0.25, 0.3) is 0 Å². The van der Waals surface area contributed by atoms with E-state index in [1.54, 1.807) is 12.1 Å². The summed E-state index contributed by atoms with van der Waals surface area (Å²) in [5, 5.41) is 4.97. The van der Waals surface area contributed by atoms with Gasteiger partial charge < -0.3 is 10.6 Å². The molecule has 0 saturated carbocycles. The number of carbonyl (C=O) groups excluding carboxylic acids is 2. The molecule has 0 aromatic heterocycles. The van der Waals surface area contributed by atoms with Crippen LogP contribution in [0.3, 0.4) is 0 Å². The van der Waals surface area contributed by atoms with Gasteiger partial charge in [-0.2, -0.15) is 0 Å². The van der Waals surface area contributed by atoms with E-state index < -0.39 is 17.6 Å². The Morgan fingerprint density at radius 2 is 1.46 bits per heavy atom. The normalized spacial score (nSPS) is 10.2. The van der Waals surface area contributed by atoms with Crippen molar-refractivity contribution < 1.29 is 14.0 Å². The predicted octanol–water partition coefficient (Wildman–Crippen LogP) is 4.55. The number of nitrogens with one attached hydrogen (secondary N) is 2. The molecule has 0 spiro atoms. The lowest BCUT2D eigenvalue weighted by Crippen LogP contribution is -2.29. The third kappa shape index (κ3) is 4.70. The zero-order valence-corrected chi connectivity index (χ0v) is 14.4. The summed E-state index contributed by atoms with van der Waals surface area (Å²) < 4.78 is 13.2. The Morgan fingerprint density at radius 1 is 0.769 bits per heavy atom. The van der Waals surface area contributed by atoms with Gasteiger partial charge in [0.05, 0.1) is 5.69 Å². The number of rotatable bonds is 4. The second kappa shape index (κ2) is 8.31. The van der Waals surface area contributed by atoms with Crippen LogP contribution in [0.1, 0.15) is 0 Å². The summed E-state index contributed by atoms with van der Waals surface area (Å²) in [6.45, 7) is 0. The molecule has 2 N–H and O–H groups in total. The van der Waals surface area contributed by atoms with Gasteiger partial charge in [0.2, 0.25) is 0 Å². The Bertz CT molecular complexity index is 932. The first kappa shape index (κ1) is 17.7. The SMILES string of the molecule is O=C(Nc1cccc(F)c1)C(=O)Nc1ccccc1Sc1ccccc1. The highest BCUT2D eigenvalue weighted by Crippen LogP contribution is 2.33. The number of benzene rings is 3. The molecule has 0 aliphatic rings. The maximum Gasteiger partial charge on any atom is 0.314 e. The molecule has 130 valence electrons. The minimum atomic E-state index is -0.866. The second-order valence-corrected chi connectivity index (χ2v) is 6.45. The van der Waals surface area contributed by atoms with Crippen molar-refractivity contribution in [3.8, 4) is 0 Å². The molecule has 4 nitrogen and oxygen atoms in total. The predicted molar refractivity (Wildman–Crippen MR) is 101 cm³/mol. The molecule has 0 aliphatic heterocycles. The van der Waals surface area contributed by atoms with Gasteiger partial charge >= 0.3 is 11.8 Å². The van der Waals surface area contributed by atoms with Crippen molar-refractivity contribution in [2.24, 2.45) is 0 Å². The van der Waals surface area contributed by atoms with Crippen LogP contribution in [0.25, 0.3) is 0 Å². The maximum absolute atomic E-state index is 13.2. The molecule has 3 rings (SSSR count). The average Bonchev–Trinajstić information content (AvgIpc) is 2.64. The van der Waals surface area contributed by atoms with Gasteiger partial charge in [0, 0.05) is 15.5 Å². The van der Waals surface area contributed by atoms with E-state index in [-0.39, 0.29) is 5.69 Å².